The number of hydrogen-bond donors (Lipinski definition) is 1. The van der Waals surface area contributed by atoms with Crippen LogP contribution < -0.4 is 10.1 Å². The number of ether oxygens (including phenoxy) is 1. The van der Waals surface area contributed by atoms with E-state index in [4.69, 9.17) is 4.74 Å². The van der Waals surface area contributed by atoms with Crippen LogP contribution in [0.25, 0.3) is 0 Å². The van der Waals surface area contributed by atoms with Crippen LogP contribution in [-0.2, 0) is 0 Å². The molecule has 0 unspecified atom stereocenters. The first kappa shape index (κ1) is 11.5. The molecule has 0 aromatic heterocycles. The van der Waals surface area contributed by atoms with Crippen molar-refractivity contribution in [1.82, 2.24) is 0 Å². The van der Waals surface area contributed by atoms with Gasteiger partial charge in [0, 0.05) is 5.56 Å². The van der Waals surface area contributed by atoms with Gasteiger partial charge in [0.2, 0.25) is 0 Å². The van der Waals surface area contributed by atoms with Crippen molar-refractivity contribution in [3.63, 3.8) is 0 Å². The number of aldehydes is 1. The number of fused-ring (bicyclic) bond motifs is 2. The average Bonchev–Trinajstić information content (AvgIpc) is 2.54. The van der Waals surface area contributed by atoms with E-state index in [0.717, 1.165) is 11.8 Å². The first-order valence-electron chi connectivity index (χ1n) is 5.86. The van der Waals surface area contributed by atoms with Crippen LogP contribution in [0.3, 0.4) is 0 Å². The fourth-order valence-corrected chi connectivity index (χ4v) is 2.01. The second-order valence-electron chi connectivity index (χ2n) is 4.43. The van der Waals surface area contributed by atoms with E-state index in [-0.39, 0.29) is 5.91 Å². The molecule has 4 nitrogen and oxygen atoms in total. The van der Waals surface area contributed by atoms with Crippen LogP contribution in [0.4, 0.5) is 5.69 Å². The second kappa shape index (κ2) is 4.24. The van der Waals surface area contributed by atoms with Gasteiger partial charge >= 0.3 is 0 Å². The lowest BCUT2D eigenvalue weighted by molar-refractivity contribution is 0.102. The van der Waals surface area contributed by atoms with Crippen LogP contribution in [0.2, 0.25) is 0 Å². The zero-order valence-corrected chi connectivity index (χ0v) is 10.3. The van der Waals surface area contributed by atoms with Crippen LogP contribution in [0.1, 0.15) is 26.3 Å². The maximum absolute atomic E-state index is 12.1. The summed E-state index contributed by atoms with van der Waals surface area (Å²) in [4.78, 5) is 22.9. The topological polar surface area (TPSA) is 55.4 Å². The molecule has 0 saturated carbocycles. The van der Waals surface area contributed by atoms with Crippen molar-refractivity contribution in [2.75, 3.05) is 5.32 Å². The second-order valence-corrected chi connectivity index (χ2v) is 4.43. The highest BCUT2D eigenvalue weighted by atomic mass is 16.5. The summed E-state index contributed by atoms with van der Waals surface area (Å²) in [5.41, 5.74) is 2.55. The van der Waals surface area contributed by atoms with E-state index in [0.29, 0.717) is 28.3 Å². The number of benzene rings is 2. The van der Waals surface area contributed by atoms with Gasteiger partial charge in [-0.15, -0.1) is 0 Å². The molecule has 0 spiro atoms. The molecule has 19 heavy (non-hydrogen) atoms. The number of aryl methyl sites for hydroxylation is 1. The lowest BCUT2D eigenvalue weighted by Gasteiger charge is -2.08. The molecule has 0 radical (unpaired) electrons. The Morgan fingerprint density at radius 1 is 1.11 bits per heavy atom. The summed E-state index contributed by atoms with van der Waals surface area (Å²) in [6.45, 7) is 1.94. The lowest BCUT2D eigenvalue weighted by Crippen LogP contribution is -2.10. The lowest BCUT2D eigenvalue weighted by atomic mass is 10.1. The van der Waals surface area contributed by atoms with Crippen molar-refractivity contribution < 1.29 is 14.3 Å². The molecular weight excluding hydrogens is 242 g/mol. The van der Waals surface area contributed by atoms with Crippen LogP contribution in [0, 0.1) is 6.92 Å². The van der Waals surface area contributed by atoms with Crippen LogP contribution in [0.5, 0.6) is 11.5 Å². The zero-order valence-electron chi connectivity index (χ0n) is 10.3. The zero-order chi connectivity index (χ0) is 13.4. The molecule has 0 bridgehead atoms. The first-order chi connectivity index (χ1) is 9.17. The van der Waals surface area contributed by atoms with E-state index in [2.05, 4.69) is 5.32 Å². The Bertz CT molecular complexity index is 692. The van der Waals surface area contributed by atoms with Crippen LogP contribution in [-0.4, -0.2) is 12.2 Å². The standard InChI is InChI=1S/C15H11NO3/c1-9-2-5-12-14(6-9)19-13-7-10(8-17)3-4-11(13)15(18)16-12/h2-8H,1H3,(H,16,18). The van der Waals surface area contributed by atoms with Crippen molar-refractivity contribution in [2.24, 2.45) is 0 Å². The molecule has 2 aromatic carbocycles. The van der Waals surface area contributed by atoms with E-state index in [1.54, 1.807) is 24.3 Å². The Kier molecular flexibility index (Phi) is 2.56. The summed E-state index contributed by atoms with van der Waals surface area (Å²) in [5.74, 6) is 0.733. The van der Waals surface area contributed by atoms with Gasteiger partial charge in [-0.3, -0.25) is 9.59 Å². The molecule has 3 rings (SSSR count). The predicted octanol–water partition coefficient (Wildman–Crippen LogP) is 3.17. The van der Waals surface area contributed by atoms with Crippen molar-refractivity contribution >= 4 is 17.9 Å². The molecule has 0 aliphatic carbocycles. The molecule has 94 valence electrons. The van der Waals surface area contributed by atoms with Gasteiger partial charge in [-0.25, -0.2) is 0 Å². The van der Waals surface area contributed by atoms with Crippen LogP contribution >= 0.6 is 0 Å². The van der Waals surface area contributed by atoms with Crippen molar-refractivity contribution in [3.05, 3.63) is 53.1 Å². The molecule has 0 fully saturated rings. The minimum Gasteiger partial charge on any atom is -0.454 e. The monoisotopic (exact) mass is 253 g/mol. The molecule has 1 amide bonds. The van der Waals surface area contributed by atoms with Gasteiger partial charge in [-0.1, -0.05) is 12.1 Å². The largest absolute Gasteiger partial charge is 0.454 e. The van der Waals surface area contributed by atoms with Gasteiger partial charge in [0.15, 0.2) is 5.75 Å². The van der Waals surface area contributed by atoms with Gasteiger partial charge in [-0.05, 0) is 36.8 Å². The number of carbonyl (C=O) groups is 2. The van der Waals surface area contributed by atoms with Gasteiger partial charge in [0.1, 0.15) is 12.0 Å². The highest BCUT2D eigenvalue weighted by Crippen LogP contribution is 2.36. The molecule has 2 aromatic rings. The molecule has 0 atom stereocenters. The Morgan fingerprint density at radius 2 is 1.95 bits per heavy atom. The maximum Gasteiger partial charge on any atom is 0.259 e. The Labute approximate surface area is 110 Å². The average molecular weight is 253 g/mol. The SMILES string of the molecule is Cc1ccc2c(c1)Oc1cc(C=O)ccc1C(=O)N2. The summed E-state index contributed by atoms with van der Waals surface area (Å²) >= 11 is 0. The predicted molar refractivity (Wildman–Crippen MR) is 71.0 cm³/mol. The smallest absolute Gasteiger partial charge is 0.259 e. The number of anilines is 1. The van der Waals surface area contributed by atoms with Gasteiger partial charge in [0.25, 0.3) is 5.91 Å². The molecule has 1 heterocycles. The third kappa shape index (κ3) is 1.97. The van der Waals surface area contributed by atoms with Gasteiger partial charge in [-0.2, -0.15) is 0 Å². The normalized spacial score (nSPS) is 12.6. The van der Waals surface area contributed by atoms with E-state index < -0.39 is 0 Å². The van der Waals surface area contributed by atoms with Crippen LogP contribution in [0.15, 0.2) is 36.4 Å². The number of rotatable bonds is 1. The quantitative estimate of drug-likeness (QED) is 0.794. The van der Waals surface area contributed by atoms with E-state index in [1.165, 1.54) is 0 Å². The van der Waals surface area contributed by atoms with Crippen molar-refractivity contribution in [3.8, 4) is 11.5 Å². The minimum atomic E-state index is -0.241. The highest BCUT2D eigenvalue weighted by Gasteiger charge is 2.20. The van der Waals surface area contributed by atoms with Gasteiger partial charge in [0.05, 0.1) is 11.3 Å². The van der Waals surface area contributed by atoms with Crippen molar-refractivity contribution in [1.29, 1.82) is 0 Å². The molecule has 1 N–H and O–H groups in total. The Balaban J connectivity index is 2.17. The first-order valence-corrected chi connectivity index (χ1v) is 5.86. The number of nitrogens with one attached hydrogen (secondary N) is 1. The fraction of sp³-hybridized carbons (Fsp3) is 0.0667. The Hall–Kier alpha value is -2.62. The third-order valence-corrected chi connectivity index (χ3v) is 2.99. The maximum atomic E-state index is 12.1. The minimum absolute atomic E-state index is 0.241. The highest BCUT2D eigenvalue weighted by molar-refractivity contribution is 6.08. The summed E-state index contributed by atoms with van der Waals surface area (Å²) < 4.78 is 5.75. The molecular formula is C15H11NO3. The third-order valence-electron chi connectivity index (χ3n) is 2.99. The summed E-state index contributed by atoms with van der Waals surface area (Å²) in [5, 5.41) is 2.79. The van der Waals surface area contributed by atoms with Gasteiger partial charge < -0.3 is 10.1 Å². The van der Waals surface area contributed by atoms with Crippen molar-refractivity contribution in [2.45, 2.75) is 6.92 Å². The molecule has 1 aliphatic rings. The molecule has 1 aliphatic heterocycles. The summed E-state index contributed by atoms with van der Waals surface area (Å²) in [7, 11) is 0. The fourth-order valence-electron chi connectivity index (χ4n) is 2.01. The Morgan fingerprint density at radius 3 is 2.74 bits per heavy atom. The molecule has 4 heteroatoms. The number of amides is 1. The van der Waals surface area contributed by atoms with E-state index in [1.807, 2.05) is 19.1 Å². The number of hydrogen-bond acceptors (Lipinski definition) is 3. The van der Waals surface area contributed by atoms with E-state index in [9.17, 15) is 9.59 Å². The summed E-state index contributed by atoms with van der Waals surface area (Å²) in [6, 6.07) is 10.3. The molecule has 0 saturated heterocycles. The summed E-state index contributed by atoms with van der Waals surface area (Å²) in [6.07, 6.45) is 0.726. The number of carbonyl (C=O) groups excluding carboxylic acids is 2. The van der Waals surface area contributed by atoms with E-state index >= 15 is 0 Å².